The average molecular weight is 411 g/mol. The van der Waals surface area contributed by atoms with E-state index in [9.17, 15) is 14.7 Å². The van der Waals surface area contributed by atoms with Crippen molar-refractivity contribution in [3.63, 3.8) is 0 Å². The summed E-state index contributed by atoms with van der Waals surface area (Å²) in [6.45, 7) is -0.237. The number of benzene rings is 1. The van der Waals surface area contributed by atoms with Crippen LogP contribution in [0.4, 0.5) is 0 Å². The summed E-state index contributed by atoms with van der Waals surface area (Å²) in [5.74, 6) is 0.223. The van der Waals surface area contributed by atoms with Gasteiger partial charge in [0.2, 0.25) is 0 Å². The quantitative estimate of drug-likeness (QED) is 0.576. The van der Waals surface area contributed by atoms with Crippen LogP contribution in [-0.4, -0.2) is 47.4 Å². The highest BCUT2D eigenvalue weighted by atomic mass is 35.5. The van der Waals surface area contributed by atoms with E-state index in [1.807, 2.05) is 0 Å². The molecule has 10 heteroatoms. The van der Waals surface area contributed by atoms with Gasteiger partial charge in [-0.15, -0.1) is 0 Å². The SMILES string of the molecule is Cn1c(SC[C@@H](O)CO)nc2c1c(=O)n(Cc1ccc(Cl)cc1)c(=O)n2C. The van der Waals surface area contributed by atoms with Crippen LogP contribution in [0, 0.1) is 0 Å². The van der Waals surface area contributed by atoms with Crippen molar-refractivity contribution in [2.75, 3.05) is 12.4 Å². The standard InChI is InChI=1S/C17H19ClN4O4S/c1-20-13-14(19-16(20)27-9-12(24)8-23)21(2)17(26)22(15(13)25)7-10-3-5-11(18)6-4-10/h3-6,12,23-24H,7-9H2,1-2H3/t12-/m0/s1. The van der Waals surface area contributed by atoms with Crippen LogP contribution in [-0.2, 0) is 20.6 Å². The van der Waals surface area contributed by atoms with Gasteiger partial charge in [0.1, 0.15) is 0 Å². The Labute approximate surface area is 163 Å². The van der Waals surface area contributed by atoms with Gasteiger partial charge in [-0.3, -0.25) is 13.9 Å². The monoisotopic (exact) mass is 410 g/mol. The maximum absolute atomic E-state index is 13.0. The summed E-state index contributed by atoms with van der Waals surface area (Å²) in [7, 11) is 3.24. The van der Waals surface area contributed by atoms with Gasteiger partial charge in [-0.1, -0.05) is 35.5 Å². The Morgan fingerprint density at radius 3 is 2.48 bits per heavy atom. The molecule has 27 heavy (non-hydrogen) atoms. The van der Waals surface area contributed by atoms with Crippen molar-refractivity contribution in [3.05, 3.63) is 55.7 Å². The zero-order valence-corrected chi connectivity index (χ0v) is 16.4. The lowest BCUT2D eigenvalue weighted by Gasteiger charge is -2.09. The summed E-state index contributed by atoms with van der Waals surface area (Å²) < 4.78 is 4.09. The number of thioether (sulfide) groups is 1. The molecule has 2 aromatic heterocycles. The highest BCUT2D eigenvalue weighted by Gasteiger charge is 2.19. The zero-order chi connectivity index (χ0) is 19.7. The Hall–Kier alpha value is -2.07. The zero-order valence-electron chi connectivity index (χ0n) is 14.8. The van der Waals surface area contributed by atoms with Crippen LogP contribution in [0.2, 0.25) is 5.02 Å². The third kappa shape index (κ3) is 3.81. The molecule has 144 valence electrons. The molecular formula is C17H19ClN4O4S. The predicted molar refractivity (Wildman–Crippen MR) is 105 cm³/mol. The molecule has 0 aliphatic carbocycles. The minimum absolute atomic E-state index is 0.121. The fourth-order valence-electron chi connectivity index (χ4n) is 2.69. The van der Waals surface area contributed by atoms with Crippen LogP contribution in [0.3, 0.4) is 0 Å². The Morgan fingerprint density at radius 1 is 1.19 bits per heavy atom. The highest BCUT2D eigenvalue weighted by molar-refractivity contribution is 7.99. The maximum Gasteiger partial charge on any atom is 0.332 e. The van der Waals surface area contributed by atoms with Gasteiger partial charge in [-0.2, -0.15) is 0 Å². The second-order valence-electron chi connectivity index (χ2n) is 6.13. The maximum atomic E-state index is 13.0. The summed E-state index contributed by atoms with van der Waals surface area (Å²) in [5.41, 5.74) is 0.453. The second-order valence-corrected chi connectivity index (χ2v) is 7.56. The first kappa shape index (κ1) is 19.7. The lowest BCUT2D eigenvalue weighted by Crippen LogP contribution is -2.39. The molecule has 0 saturated heterocycles. The van der Waals surface area contributed by atoms with E-state index in [-0.39, 0.29) is 24.6 Å². The molecule has 0 aliphatic rings. The predicted octanol–water partition coefficient (Wildman–Crippen LogP) is 0.581. The smallest absolute Gasteiger partial charge is 0.332 e. The molecule has 0 bridgehead atoms. The molecule has 3 rings (SSSR count). The van der Waals surface area contributed by atoms with Crippen molar-refractivity contribution in [1.29, 1.82) is 0 Å². The van der Waals surface area contributed by atoms with Crippen LogP contribution in [0.15, 0.2) is 39.0 Å². The second kappa shape index (κ2) is 7.89. The summed E-state index contributed by atoms with van der Waals surface area (Å²) in [4.78, 5) is 30.0. The minimum atomic E-state index is -0.889. The summed E-state index contributed by atoms with van der Waals surface area (Å²) in [6.07, 6.45) is -0.889. The van der Waals surface area contributed by atoms with E-state index in [1.54, 1.807) is 42.9 Å². The average Bonchev–Trinajstić information content (AvgIpc) is 2.99. The number of imidazole rings is 1. The van der Waals surface area contributed by atoms with E-state index in [0.717, 1.165) is 10.1 Å². The lowest BCUT2D eigenvalue weighted by molar-refractivity contribution is 0.113. The highest BCUT2D eigenvalue weighted by Crippen LogP contribution is 2.21. The van der Waals surface area contributed by atoms with Gasteiger partial charge in [-0.25, -0.2) is 9.78 Å². The molecule has 1 aromatic carbocycles. The molecule has 0 fully saturated rings. The minimum Gasteiger partial charge on any atom is -0.394 e. The molecule has 3 aromatic rings. The Balaban J connectivity index is 2.08. The van der Waals surface area contributed by atoms with Crippen molar-refractivity contribution in [3.8, 4) is 0 Å². The van der Waals surface area contributed by atoms with Crippen LogP contribution in [0.25, 0.3) is 11.2 Å². The van der Waals surface area contributed by atoms with Gasteiger partial charge in [0.25, 0.3) is 5.56 Å². The summed E-state index contributed by atoms with van der Waals surface area (Å²) >= 11 is 7.09. The van der Waals surface area contributed by atoms with Crippen LogP contribution < -0.4 is 11.2 Å². The molecular weight excluding hydrogens is 392 g/mol. The molecule has 0 amide bonds. The molecule has 2 N–H and O–H groups in total. The molecule has 0 radical (unpaired) electrons. The largest absolute Gasteiger partial charge is 0.394 e. The number of fused-ring (bicyclic) bond motifs is 1. The third-order valence-electron chi connectivity index (χ3n) is 4.19. The van der Waals surface area contributed by atoms with E-state index >= 15 is 0 Å². The van der Waals surface area contributed by atoms with Gasteiger partial charge in [0.15, 0.2) is 16.3 Å². The molecule has 0 unspecified atom stereocenters. The third-order valence-corrected chi connectivity index (χ3v) is 5.62. The topological polar surface area (TPSA) is 102 Å². The first-order valence-corrected chi connectivity index (χ1v) is 9.52. The van der Waals surface area contributed by atoms with Crippen molar-refractivity contribution < 1.29 is 10.2 Å². The molecule has 8 nitrogen and oxygen atoms in total. The number of rotatable bonds is 6. The summed E-state index contributed by atoms with van der Waals surface area (Å²) in [5, 5.41) is 19.5. The van der Waals surface area contributed by atoms with E-state index in [1.165, 1.54) is 16.3 Å². The van der Waals surface area contributed by atoms with Crippen molar-refractivity contribution >= 4 is 34.5 Å². The van der Waals surface area contributed by atoms with Crippen molar-refractivity contribution in [2.24, 2.45) is 14.1 Å². The number of nitrogens with zero attached hydrogens (tertiary/aromatic N) is 4. The Morgan fingerprint density at radius 2 is 1.85 bits per heavy atom. The fraction of sp³-hybridized carbons (Fsp3) is 0.353. The number of aryl methyl sites for hydroxylation is 2. The fourth-order valence-corrected chi connectivity index (χ4v) is 3.70. The van der Waals surface area contributed by atoms with Crippen molar-refractivity contribution in [1.82, 2.24) is 18.7 Å². The number of aliphatic hydroxyl groups excluding tert-OH is 2. The number of aliphatic hydroxyl groups is 2. The first-order chi connectivity index (χ1) is 12.8. The Kier molecular flexibility index (Phi) is 5.75. The Bertz CT molecular complexity index is 1090. The lowest BCUT2D eigenvalue weighted by atomic mass is 10.2. The molecule has 0 aliphatic heterocycles. The summed E-state index contributed by atoms with van der Waals surface area (Å²) in [6, 6.07) is 6.94. The molecule has 0 spiro atoms. The first-order valence-electron chi connectivity index (χ1n) is 8.16. The van der Waals surface area contributed by atoms with Crippen LogP contribution in [0.5, 0.6) is 0 Å². The molecule has 0 saturated carbocycles. The number of aromatic nitrogens is 4. The van der Waals surface area contributed by atoms with Gasteiger partial charge >= 0.3 is 5.69 Å². The van der Waals surface area contributed by atoms with Gasteiger partial charge in [0.05, 0.1) is 19.3 Å². The molecule has 2 heterocycles. The number of hydrogen-bond acceptors (Lipinski definition) is 6. The number of halogens is 1. The van der Waals surface area contributed by atoms with Crippen molar-refractivity contribution in [2.45, 2.75) is 17.8 Å². The van der Waals surface area contributed by atoms with Gasteiger partial charge in [0, 0.05) is 24.9 Å². The van der Waals surface area contributed by atoms with Crippen LogP contribution in [0.1, 0.15) is 5.56 Å². The van der Waals surface area contributed by atoms with E-state index in [4.69, 9.17) is 16.7 Å². The van der Waals surface area contributed by atoms with Gasteiger partial charge in [-0.05, 0) is 17.7 Å². The van der Waals surface area contributed by atoms with E-state index < -0.39 is 17.4 Å². The van der Waals surface area contributed by atoms with E-state index in [2.05, 4.69) is 4.98 Å². The van der Waals surface area contributed by atoms with Gasteiger partial charge < -0.3 is 14.8 Å². The van der Waals surface area contributed by atoms with E-state index in [0.29, 0.717) is 15.7 Å². The van der Waals surface area contributed by atoms with Crippen LogP contribution >= 0.6 is 23.4 Å². The number of hydrogen-bond donors (Lipinski definition) is 2. The normalized spacial score (nSPS) is 12.6. The molecule has 1 atom stereocenters.